The Morgan fingerprint density at radius 2 is 1.83 bits per heavy atom. The van der Waals surface area contributed by atoms with Gasteiger partial charge in [0.1, 0.15) is 0 Å². The second-order valence-corrected chi connectivity index (χ2v) is 5.63. The number of carbonyl (C=O) groups is 1. The Kier molecular flexibility index (Phi) is 4.44. The zero-order chi connectivity index (χ0) is 16.2. The Labute approximate surface area is 139 Å². The number of carbonyl (C=O) groups excluding carboxylic acids is 1. The van der Waals surface area contributed by atoms with Gasteiger partial charge >= 0.3 is 0 Å². The number of nitrogens with zero attached hydrogens (tertiary/aromatic N) is 1. The molecule has 3 rings (SSSR count). The quantitative estimate of drug-likeness (QED) is 0.768. The average Bonchev–Trinajstić information content (AvgIpc) is 3.06. The van der Waals surface area contributed by atoms with Gasteiger partial charge in [-0.1, -0.05) is 59.2 Å². The predicted molar refractivity (Wildman–Crippen MR) is 89.3 cm³/mol. The van der Waals surface area contributed by atoms with Crippen LogP contribution in [0.2, 0.25) is 5.02 Å². The summed E-state index contributed by atoms with van der Waals surface area (Å²) in [4.78, 5) is 12.3. The van der Waals surface area contributed by atoms with Crippen LogP contribution in [0.5, 0.6) is 0 Å². The number of aromatic nitrogens is 1. The monoisotopic (exact) mass is 326 g/mol. The normalized spacial score (nSPS) is 11.9. The molecule has 0 unspecified atom stereocenters. The van der Waals surface area contributed by atoms with Crippen LogP contribution in [-0.2, 0) is 0 Å². The number of rotatable bonds is 4. The molecule has 0 bridgehead atoms. The van der Waals surface area contributed by atoms with E-state index in [2.05, 4.69) is 10.5 Å². The van der Waals surface area contributed by atoms with Gasteiger partial charge in [0.2, 0.25) is 0 Å². The molecule has 1 aromatic heterocycles. The van der Waals surface area contributed by atoms with Crippen LogP contribution < -0.4 is 5.32 Å². The summed E-state index contributed by atoms with van der Waals surface area (Å²) in [7, 11) is 0. The molecule has 2 aromatic carbocycles. The van der Waals surface area contributed by atoms with E-state index >= 15 is 0 Å². The summed E-state index contributed by atoms with van der Waals surface area (Å²) < 4.78 is 5.25. The van der Waals surface area contributed by atoms with Crippen molar-refractivity contribution in [3.05, 3.63) is 76.9 Å². The fraction of sp³-hybridized carbons (Fsp3) is 0.111. The molecule has 23 heavy (non-hydrogen) atoms. The fourth-order valence-electron chi connectivity index (χ4n) is 2.23. The maximum Gasteiger partial charge on any atom is 0.273 e. The van der Waals surface area contributed by atoms with Gasteiger partial charge in [0.15, 0.2) is 11.5 Å². The Hall–Kier alpha value is -2.59. The van der Waals surface area contributed by atoms with Crippen molar-refractivity contribution in [1.82, 2.24) is 10.5 Å². The van der Waals surface area contributed by atoms with Crippen molar-refractivity contribution in [2.45, 2.75) is 13.0 Å². The highest BCUT2D eigenvalue weighted by Gasteiger charge is 2.16. The highest BCUT2D eigenvalue weighted by Crippen LogP contribution is 2.21. The topological polar surface area (TPSA) is 55.1 Å². The van der Waals surface area contributed by atoms with E-state index in [-0.39, 0.29) is 17.6 Å². The first-order valence-corrected chi connectivity index (χ1v) is 7.60. The van der Waals surface area contributed by atoms with Crippen LogP contribution in [0.15, 0.2) is 65.2 Å². The van der Waals surface area contributed by atoms with Gasteiger partial charge in [-0.15, -0.1) is 0 Å². The molecule has 1 amide bonds. The molecule has 0 aliphatic carbocycles. The van der Waals surface area contributed by atoms with Gasteiger partial charge in [-0.2, -0.15) is 0 Å². The molecule has 0 aliphatic heterocycles. The van der Waals surface area contributed by atoms with Crippen molar-refractivity contribution in [3.63, 3.8) is 0 Å². The van der Waals surface area contributed by atoms with Crippen molar-refractivity contribution in [1.29, 1.82) is 0 Å². The molecule has 0 spiro atoms. The van der Waals surface area contributed by atoms with Crippen LogP contribution in [0.25, 0.3) is 11.3 Å². The summed E-state index contributed by atoms with van der Waals surface area (Å²) in [6.07, 6.45) is 0. The van der Waals surface area contributed by atoms with Gasteiger partial charge in [0.05, 0.1) is 6.04 Å². The van der Waals surface area contributed by atoms with Crippen LogP contribution in [0, 0.1) is 0 Å². The van der Waals surface area contributed by atoms with E-state index in [1.54, 1.807) is 18.2 Å². The van der Waals surface area contributed by atoms with E-state index < -0.39 is 0 Å². The number of hydrogen-bond donors (Lipinski definition) is 1. The van der Waals surface area contributed by atoms with Gasteiger partial charge in [0.25, 0.3) is 5.91 Å². The minimum absolute atomic E-state index is 0.156. The largest absolute Gasteiger partial charge is 0.355 e. The average molecular weight is 327 g/mol. The molecule has 0 saturated heterocycles. The van der Waals surface area contributed by atoms with Crippen molar-refractivity contribution in [2.24, 2.45) is 0 Å². The third-order valence-electron chi connectivity index (χ3n) is 3.52. The second kappa shape index (κ2) is 6.67. The lowest BCUT2D eigenvalue weighted by Crippen LogP contribution is -2.26. The molecule has 0 radical (unpaired) electrons. The SMILES string of the molecule is C[C@H](NC(=O)c1cc(-c2ccccc2)on1)c1ccc(Cl)cc1. The van der Waals surface area contributed by atoms with Crippen LogP contribution in [0.3, 0.4) is 0 Å². The number of nitrogens with one attached hydrogen (secondary N) is 1. The van der Waals surface area contributed by atoms with Crippen LogP contribution >= 0.6 is 11.6 Å². The predicted octanol–water partition coefficient (Wildman–Crippen LogP) is 4.49. The molecule has 0 fully saturated rings. The zero-order valence-electron chi connectivity index (χ0n) is 12.5. The van der Waals surface area contributed by atoms with Gasteiger partial charge in [-0.3, -0.25) is 4.79 Å². The molecule has 5 heteroatoms. The minimum atomic E-state index is -0.279. The van der Waals surface area contributed by atoms with Gasteiger partial charge in [-0.25, -0.2) is 0 Å². The first kappa shape index (κ1) is 15.3. The van der Waals surface area contributed by atoms with Crippen LogP contribution in [-0.4, -0.2) is 11.1 Å². The lowest BCUT2D eigenvalue weighted by Gasteiger charge is -2.13. The summed E-state index contributed by atoms with van der Waals surface area (Å²) in [6.45, 7) is 1.90. The van der Waals surface area contributed by atoms with E-state index in [9.17, 15) is 4.79 Å². The number of halogens is 1. The lowest BCUT2D eigenvalue weighted by molar-refractivity contribution is 0.0931. The van der Waals surface area contributed by atoms with Crippen LogP contribution in [0.1, 0.15) is 29.0 Å². The maximum absolute atomic E-state index is 12.3. The highest BCUT2D eigenvalue weighted by atomic mass is 35.5. The van der Waals surface area contributed by atoms with Crippen molar-refractivity contribution >= 4 is 17.5 Å². The number of amides is 1. The Balaban J connectivity index is 1.71. The van der Waals surface area contributed by atoms with Gasteiger partial charge in [-0.05, 0) is 24.6 Å². The lowest BCUT2D eigenvalue weighted by atomic mass is 10.1. The number of hydrogen-bond acceptors (Lipinski definition) is 3. The summed E-state index contributed by atoms with van der Waals surface area (Å²) in [5.74, 6) is 0.285. The molecule has 1 N–H and O–H groups in total. The minimum Gasteiger partial charge on any atom is -0.355 e. The van der Waals surface area contributed by atoms with Crippen molar-refractivity contribution < 1.29 is 9.32 Å². The second-order valence-electron chi connectivity index (χ2n) is 5.19. The van der Waals surface area contributed by atoms with E-state index in [4.69, 9.17) is 16.1 Å². The summed E-state index contributed by atoms with van der Waals surface area (Å²) >= 11 is 5.87. The van der Waals surface area contributed by atoms with E-state index in [0.717, 1.165) is 11.1 Å². The molecule has 1 atom stereocenters. The molecular weight excluding hydrogens is 312 g/mol. The molecule has 1 heterocycles. The van der Waals surface area contributed by atoms with E-state index in [1.807, 2.05) is 49.4 Å². The molecule has 4 nitrogen and oxygen atoms in total. The molecular formula is C18H15ClN2O2. The molecule has 116 valence electrons. The van der Waals surface area contributed by atoms with Crippen LogP contribution in [0.4, 0.5) is 0 Å². The van der Waals surface area contributed by atoms with Crippen molar-refractivity contribution in [2.75, 3.05) is 0 Å². The third-order valence-corrected chi connectivity index (χ3v) is 3.77. The molecule has 0 saturated carbocycles. The van der Waals surface area contributed by atoms with Crippen molar-refractivity contribution in [3.8, 4) is 11.3 Å². The van der Waals surface area contributed by atoms with E-state index in [1.165, 1.54) is 0 Å². The molecule has 3 aromatic rings. The summed E-state index contributed by atoms with van der Waals surface area (Å²) in [5, 5.41) is 7.40. The Bertz CT molecular complexity index is 797. The third kappa shape index (κ3) is 3.60. The maximum atomic E-state index is 12.3. The number of benzene rings is 2. The fourth-order valence-corrected chi connectivity index (χ4v) is 2.35. The van der Waals surface area contributed by atoms with Gasteiger partial charge < -0.3 is 9.84 Å². The first-order chi connectivity index (χ1) is 11.1. The summed E-state index contributed by atoms with van der Waals surface area (Å²) in [5.41, 5.74) is 2.10. The highest BCUT2D eigenvalue weighted by molar-refractivity contribution is 6.30. The van der Waals surface area contributed by atoms with Gasteiger partial charge in [0, 0.05) is 16.7 Å². The standard InChI is InChI=1S/C18H15ClN2O2/c1-12(13-7-9-15(19)10-8-13)20-18(22)16-11-17(23-21-16)14-5-3-2-4-6-14/h2-12H,1H3,(H,20,22)/t12-/m0/s1. The smallest absolute Gasteiger partial charge is 0.273 e. The Morgan fingerprint density at radius 1 is 1.13 bits per heavy atom. The zero-order valence-corrected chi connectivity index (χ0v) is 13.2. The van der Waals surface area contributed by atoms with E-state index in [0.29, 0.717) is 10.8 Å². The summed E-state index contributed by atoms with van der Waals surface area (Å²) in [6, 6.07) is 18.4. The molecule has 0 aliphatic rings. The Morgan fingerprint density at radius 3 is 2.52 bits per heavy atom. The first-order valence-electron chi connectivity index (χ1n) is 7.22.